The molecule has 0 saturated carbocycles. The molecule has 3 aromatic carbocycles. The van der Waals surface area contributed by atoms with Gasteiger partial charge in [-0.05, 0) is 31.2 Å². The number of aromatic nitrogens is 2. The minimum absolute atomic E-state index is 0.0969. The molecule has 1 unspecified atom stereocenters. The van der Waals surface area contributed by atoms with E-state index in [0.29, 0.717) is 34.0 Å². The molecule has 2 heterocycles. The van der Waals surface area contributed by atoms with Crippen molar-refractivity contribution in [1.29, 1.82) is 0 Å². The van der Waals surface area contributed by atoms with Crippen LogP contribution in [0.4, 0.5) is 5.82 Å². The third-order valence-electron chi connectivity index (χ3n) is 5.63. The predicted octanol–water partition coefficient (Wildman–Crippen LogP) is 4.43. The fourth-order valence-corrected chi connectivity index (χ4v) is 5.10. The molecule has 0 saturated heterocycles. The van der Waals surface area contributed by atoms with Crippen LogP contribution >= 0.6 is 0 Å². The molecule has 0 aliphatic carbocycles. The summed E-state index contributed by atoms with van der Waals surface area (Å²) < 4.78 is 13.8. The van der Waals surface area contributed by atoms with E-state index in [1.54, 1.807) is 41.1 Å². The van der Waals surface area contributed by atoms with Crippen LogP contribution in [-0.4, -0.2) is 25.7 Å². The summed E-state index contributed by atoms with van der Waals surface area (Å²) in [5, 5.41) is 7.59. The summed E-state index contributed by atoms with van der Waals surface area (Å²) in [4.78, 5) is 25.7. The number of hydrogen-bond donors (Lipinski definition) is 1. The van der Waals surface area contributed by atoms with Crippen molar-refractivity contribution in [1.82, 2.24) is 9.78 Å². The van der Waals surface area contributed by atoms with Crippen molar-refractivity contribution < 1.29 is 13.8 Å². The van der Waals surface area contributed by atoms with E-state index >= 15 is 0 Å². The number of aryl methyl sites for hydroxylation is 1. The maximum atomic E-state index is 13.1. The van der Waals surface area contributed by atoms with Crippen LogP contribution in [0.2, 0.25) is 0 Å². The molecule has 5 rings (SSSR count). The van der Waals surface area contributed by atoms with Gasteiger partial charge in [0, 0.05) is 33.1 Å². The van der Waals surface area contributed by atoms with E-state index in [1.807, 2.05) is 49.4 Å². The lowest BCUT2D eigenvalue weighted by atomic mass is 10.0. The van der Waals surface area contributed by atoms with Crippen molar-refractivity contribution in [2.45, 2.75) is 18.4 Å². The van der Waals surface area contributed by atoms with Gasteiger partial charge in [0.25, 0.3) is 5.91 Å². The number of nitrogens with one attached hydrogen (secondary N) is 1. The first kappa shape index (κ1) is 21.0. The summed E-state index contributed by atoms with van der Waals surface area (Å²) in [6, 6.07) is 23.4. The molecular formula is C26H21N3O3S. The second kappa shape index (κ2) is 8.60. The number of hydrogen-bond acceptors (Lipinski definition) is 4. The van der Waals surface area contributed by atoms with Gasteiger partial charge >= 0.3 is 0 Å². The number of ketones is 1. The third kappa shape index (κ3) is 4.15. The molecule has 0 radical (unpaired) electrons. The minimum atomic E-state index is -1.02. The molecule has 7 heteroatoms. The highest BCUT2D eigenvalue weighted by Crippen LogP contribution is 2.31. The standard InChI is InChI=1S/C26H21N3O3S/c1-17-7-13-21(14-8-17)29-25(22-15-33(32)16-23(22)28-29)27-26(31)20-11-9-19(10-12-20)24(30)18-5-3-2-4-6-18/h2-14H,15-16H2,1H3,(H,27,31). The van der Waals surface area contributed by atoms with E-state index in [9.17, 15) is 13.8 Å². The number of nitrogens with zero attached hydrogens (tertiary/aromatic N) is 2. The molecule has 1 aliphatic rings. The molecule has 33 heavy (non-hydrogen) atoms. The number of amides is 1. The van der Waals surface area contributed by atoms with Crippen LogP contribution in [0.3, 0.4) is 0 Å². The number of benzene rings is 3. The number of rotatable bonds is 5. The SMILES string of the molecule is Cc1ccc(-n2nc3c(c2NC(=O)c2ccc(C(=O)c4ccccc4)cc2)CS(=O)C3)cc1. The smallest absolute Gasteiger partial charge is 0.256 e. The van der Waals surface area contributed by atoms with Crippen LogP contribution in [0.25, 0.3) is 5.69 Å². The highest BCUT2D eigenvalue weighted by molar-refractivity contribution is 7.83. The Bertz CT molecular complexity index is 1380. The lowest BCUT2D eigenvalue weighted by Gasteiger charge is -2.12. The third-order valence-corrected chi connectivity index (χ3v) is 6.83. The highest BCUT2D eigenvalue weighted by atomic mass is 32.2. The number of anilines is 1. The molecule has 4 aromatic rings. The van der Waals surface area contributed by atoms with E-state index in [0.717, 1.165) is 22.5 Å². The second-order valence-electron chi connectivity index (χ2n) is 7.98. The lowest BCUT2D eigenvalue weighted by molar-refractivity contribution is 0.101. The molecule has 1 N–H and O–H groups in total. The Kier molecular flexibility index (Phi) is 5.48. The van der Waals surface area contributed by atoms with Gasteiger partial charge in [-0.2, -0.15) is 5.10 Å². The van der Waals surface area contributed by atoms with Gasteiger partial charge in [-0.25, -0.2) is 4.68 Å². The van der Waals surface area contributed by atoms with Gasteiger partial charge in [-0.15, -0.1) is 0 Å². The van der Waals surface area contributed by atoms with Gasteiger partial charge in [-0.3, -0.25) is 13.8 Å². The van der Waals surface area contributed by atoms with Crippen molar-refractivity contribution in [2.24, 2.45) is 0 Å². The van der Waals surface area contributed by atoms with Crippen LogP contribution in [0.1, 0.15) is 43.1 Å². The predicted molar refractivity (Wildman–Crippen MR) is 128 cm³/mol. The Morgan fingerprint density at radius 3 is 2.18 bits per heavy atom. The highest BCUT2D eigenvalue weighted by Gasteiger charge is 2.28. The normalized spacial score (nSPS) is 14.6. The monoisotopic (exact) mass is 455 g/mol. The van der Waals surface area contributed by atoms with Crippen molar-refractivity contribution in [3.63, 3.8) is 0 Å². The minimum Gasteiger partial charge on any atom is -0.306 e. The van der Waals surface area contributed by atoms with Crippen molar-refractivity contribution in [2.75, 3.05) is 5.32 Å². The summed E-state index contributed by atoms with van der Waals surface area (Å²) in [5.41, 5.74) is 5.02. The number of carbonyl (C=O) groups excluding carboxylic acids is 2. The van der Waals surface area contributed by atoms with Crippen LogP contribution in [0, 0.1) is 6.92 Å². The summed E-state index contributed by atoms with van der Waals surface area (Å²) in [7, 11) is -1.02. The average Bonchev–Trinajstić information content (AvgIpc) is 3.36. The maximum absolute atomic E-state index is 13.1. The van der Waals surface area contributed by atoms with Gasteiger partial charge in [0.2, 0.25) is 0 Å². The molecule has 164 valence electrons. The molecule has 0 spiro atoms. The van der Waals surface area contributed by atoms with E-state index in [4.69, 9.17) is 0 Å². The Labute approximate surface area is 193 Å². The quantitative estimate of drug-likeness (QED) is 0.452. The first-order valence-corrected chi connectivity index (χ1v) is 12.0. The molecule has 0 bridgehead atoms. The average molecular weight is 456 g/mol. The molecule has 1 amide bonds. The van der Waals surface area contributed by atoms with Crippen LogP contribution in [-0.2, 0) is 22.3 Å². The fraction of sp³-hybridized carbons (Fsp3) is 0.115. The largest absolute Gasteiger partial charge is 0.306 e. The molecule has 1 aromatic heterocycles. The van der Waals surface area contributed by atoms with Gasteiger partial charge in [0.15, 0.2) is 5.78 Å². The van der Waals surface area contributed by atoms with E-state index in [2.05, 4.69) is 10.4 Å². The van der Waals surface area contributed by atoms with Crippen molar-refractivity contribution in [3.05, 3.63) is 112 Å². The van der Waals surface area contributed by atoms with Crippen LogP contribution in [0.5, 0.6) is 0 Å². The van der Waals surface area contributed by atoms with Crippen LogP contribution in [0.15, 0.2) is 78.9 Å². The Balaban J connectivity index is 1.42. The van der Waals surface area contributed by atoms with Crippen molar-refractivity contribution in [3.8, 4) is 5.69 Å². The number of carbonyl (C=O) groups is 2. The first-order chi connectivity index (χ1) is 16.0. The zero-order valence-electron chi connectivity index (χ0n) is 17.9. The van der Waals surface area contributed by atoms with E-state index < -0.39 is 10.8 Å². The van der Waals surface area contributed by atoms with Gasteiger partial charge in [0.1, 0.15) is 5.82 Å². The van der Waals surface area contributed by atoms with Gasteiger partial charge in [0.05, 0.1) is 22.9 Å². The second-order valence-corrected chi connectivity index (χ2v) is 9.43. The fourth-order valence-electron chi connectivity index (χ4n) is 3.84. The van der Waals surface area contributed by atoms with Gasteiger partial charge in [-0.1, -0.05) is 60.2 Å². The zero-order chi connectivity index (χ0) is 22.9. The molecule has 1 aliphatic heterocycles. The molecular weight excluding hydrogens is 434 g/mol. The summed E-state index contributed by atoms with van der Waals surface area (Å²) in [6.45, 7) is 2.00. The Morgan fingerprint density at radius 1 is 0.848 bits per heavy atom. The number of fused-ring (bicyclic) bond motifs is 1. The lowest BCUT2D eigenvalue weighted by Crippen LogP contribution is -2.17. The molecule has 1 atom stereocenters. The molecule has 6 nitrogen and oxygen atoms in total. The van der Waals surface area contributed by atoms with Crippen molar-refractivity contribution >= 4 is 28.3 Å². The zero-order valence-corrected chi connectivity index (χ0v) is 18.8. The van der Waals surface area contributed by atoms with E-state index in [1.165, 1.54) is 0 Å². The topological polar surface area (TPSA) is 81.1 Å². The summed E-state index contributed by atoms with van der Waals surface area (Å²) in [5.74, 6) is 0.867. The summed E-state index contributed by atoms with van der Waals surface area (Å²) in [6.07, 6.45) is 0. The van der Waals surface area contributed by atoms with E-state index in [-0.39, 0.29) is 11.7 Å². The Morgan fingerprint density at radius 2 is 1.48 bits per heavy atom. The van der Waals surface area contributed by atoms with Gasteiger partial charge < -0.3 is 5.32 Å². The Hall–Kier alpha value is -3.84. The van der Waals surface area contributed by atoms with Crippen LogP contribution < -0.4 is 5.32 Å². The molecule has 0 fully saturated rings. The summed E-state index contributed by atoms with van der Waals surface area (Å²) >= 11 is 0. The first-order valence-electron chi connectivity index (χ1n) is 10.5. The maximum Gasteiger partial charge on any atom is 0.256 e.